The summed E-state index contributed by atoms with van der Waals surface area (Å²) >= 11 is 0. The molecule has 0 radical (unpaired) electrons. The smallest absolute Gasteiger partial charge is 0.0626 e. The quantitative estimate of drug-likeness (QED) is 0.618. The third-order valence-corrected chi connectivity index (χ3v) is 2.71. The molecular weight excluding hydrogens is 196 g/mol. The van der Waals surface area contributed by atoms with Crippen LogP contribution in [0.15, 0.2) is 0 Å². The Morgan fingerprint density at radius 2 is 1.38 bits per heavy atom. The highest BCUT2D eigenvalue weighted by molar-refractivity contribution is 4.78. The first-order valence-electron chi connectivity index (χ1n) is 6.61. The van der Waals surface area contributed by atoms with E-state index in [9.17, 15) is 0 Å². The fraction of sp³-hybridized carbons (Fsp3) is 1.00. The van der Waals surface area contributed by atoms with Gasteiger partial charge in [-0.3, -0.25) is 0 Å². The average molecular weight is 228 g/mol. The van der Waals surface area contributed by atoms with Crippen molar-refractivity contribution in [3.63, 3.8) is 0 Å². The van der Waals surface area contributed by atoms with Crippen LogP contribution in [0.5, 0.6) is 0 Å². The molecular formula is C15H32O. The lowest BCUT2D eigenvalue weighted by Gasteiger charge is -2.35. The van der Waals surface area contributed by atoms with Gasteiger partial charge in [0.1, 0.15) is 0 Å². The van der Waals surface area contributed by atoms with E-state index in [-0.39, 0.29) is 11.0 Å². The second-order valence-electron chi connectivity index (χ2n) is 7.70. The first-order valence-corrected chi connectivity index (χ1v) is 6.61. The van der Waals surface area contributed by atoms with Crippen LogP contribution in [-0.2, 0) is 4.74 Å². The van der Waals surface area contributed by atoms with E-state index in [1.54, 1.807) is 0 Å². The minimum absolute atomic E-state index is 0.0317. The van der Waals surface area contributed by atoms with Gasteiger partial charge in [0.05, 0.1) is 12.2 Å². The first-order chi connectivity index (χ1) is 6.97. The monoisotopic (exact) mass is 228 g/mol. The van der Waals surface area contributed by atoms with Gasteiger partial charge in [-0.15, -0.1) is 0 Å². The van der Waals surface area contributed by atoms with Crippen molar-refractivity contribution in [3.8, 4) is 0 Å². The summed E-state index contributed by atoms with van der Waals surface area (Å²) in [5.41, 5.74) is 0.676. The molecule has 0 aliphatic rings. The SMILES string of the molecule is CCCC(C)(C)OCC(C)(C)CC(C)(C)C. The van der Waals surface area contributed by atoms with Crippen molar-refractivity contribution < 1.29 is 4.74 Å². The van der Waals surface area contributed by atoms with Crippen molar-refractivity contribution in [2.75, 3.05) is 6.61 Å². The fourth-order valence-electron chi connectivity index (χ4n) is 2.55. The van der Waals surface area contributed by atoms with Crippen molar-refractivity contribution in [2.45, 2.75) is 80.3 Å². The Bertz CT molecular complexity index is 196. The van der Waals surface area contributed by atoms with Gasteiger partial charge in [-0.1, -0.05) is 48.0 Å². The lowest BCUT2D eigenvalue weighted by molar-refractivity contribution is -0.0673. The van der Waals surface area contributed by atoms with E-state index in [1.165, 1.54) is 12.8 Å². The number of hydrogen-bond donors (Lipinski definition) is 0. The van der Waals surface area contributed by atoms with Gasteiger partial charge in [-0.25, -0.2) is 0 Å². The molecule has 0 aromatic heterocycles. The average Bonchev–Trinajstić information content (AvgIpc) is 1.97. The molecule has 0 aliphatic carbocycles. The van der Waals surface area contributed by atoms with Crippen LogP contribution in [0.1, 0.15) is 74.7 Å². The molecule has 0 N–H and O–H groups in total. The van der Waals surface area contributed by atoms with Crippen molar-refractivity contribution in [1.29, 1.82) is 0 Å². The zero-order valence-corrected chi connectivity index (χ0v) is 12.7. The van der Waals surface area contributed by atoms with Gasteiger partial charge in [-0.2, -0.15) is 0 Å². The molecule has 0 aromatic rings. The topological polar surface area (TPSA) is 9.23 Å². The molecule has 1 heteroatoms. The Hall–Kier alpha value is -0.0400. The predicted octanol–water partition coefficient (Wildman–Crippen LogP) is 5.04. The van der Waals surface area contributed by atoms with Gasteiger partial charge in [0.2, 0.25) is 0 Å². The Morgan fingerprint density at radius 1 is 0.875 bits per heavy atom. The highest BCUT2D eigenvalue weighted by atomic mass is 16.5. The molecule has 0 unspecified atom stereocenters. The first kappa shape index (κ1) is 16.0. The van der Waals surface area contributed by atoms with Crippen LogP contribution in [0.3, 0.4) is 0 Å². The molecule has 0 fully saturated rings. The molecule has 0 saturated heterocycles. The van der Waals surface area contributed by atoms with E-state index in [0.717, 1.165) is 13.0 Å². The number of hydrogen-bond acceptors (Lipinski definition) is 1. The van der Waals surface area contributed by atoms with E-state index in [4.69, 9.17) is 4.74 Å². The standard InChI is InChI=1S/C15H32O/c1-9-10-15(7,8)16-12-14(5,6)11-13(2,3)4/h9-12H2,1-8H3. The van der Waals surface area contributed by atoms with Crippen LogP contribution < -0.4 is 0 Å². The Labute approximate surface area is 103 Å². The van der Waals surface area contributed by atoms with Crippen LogP contribution in [0, 0.1) is 10.8 Å². The van der Waals surface area contributed by atoms with Crippen LogP contribution in [0.4, 0.5) is 0 Å². The summed E-state index contributed by atoms with van der Waals surface area (Å²) in [6.45, 7) is 19.0. The molecule has 16 heavy (non-hydrogen) atoms. The molecule has 0 saturated carbocycles. The fourth-order valence-corrected chi connectivity index (χ4v) is 2.55. The molecule has 0 bridgehead atoms. The summed E-state index contributed by atoms with van der Waals surface area (Å²) < 4.78 is 6.08. The molecule has 0 aliphatic heterocycles. The van der Waals surface area contributed by atoms with Crippen molar-refractivity contribution in [3.05, 3.63) is 0 Å². The van der Waals surface area contributed by atoms with Crippen molar-refractivity contribution in [1.82, 2.24) is 0 Å². The van der Waals surface area contributed by atoms with E-state index in [2.05, 4.69) is 55.4 Å². The molecule has 0 aromatic carbocycles. The Kier molecular flexibility index (Phi) is 5.52. The van der Waals surface area contributed by atoms with Gasteiger partial charge in [0, 0.05) is 0 Å². The maximum absolute atomic E-state index is 6.08. The predicted molar refractivity (Wildman–Crippen MR) is 72.8 cm³/mol. The maximum Gasteiger partial charge on any atom is 0.0626 e. The minimum atomic E-state index is 0.0317. The molecule has 1 nitrogen and oxygen atoms in total. The zero-order chi connectivity index (χ0) is 13.0. The molecule has 0 heterocycles. The summed E-state index contributed by atoms with van der Waals surface area (Å²) in [4.78, 5) is 0. The van der Waals surface area contributed by atoms with E-state index >= 15 is 0 Å². The van der Waals surface area contributed by atoms with Gasteiger partial charge in [0.25, 0.3) is 0 Å². The van der Waals surface area contributed by atoms with Crippen molar-refractivity contribution in [2.24, 2.45) is 10.8 Å². The van der Waals surface area contributed by atoms with Crippen LogP contribution in [0.2, 0.25) is 0 Å². The second kappa shape index (κ2) is 5.53. The van der Waals surface area contributed by atoms with Gasteiger partial charge in [-0.05, 0) is 37.5 Å². The van der Waals surface area contributed by atoms with E-state index in [0.29, 0.717) is 5.41 Å². The summed E-state index contributed by atoms with van der Waals surface area (Å²) in [5, 5.41) is 0. The lowest BCUT2D eigenvalue weighted by Crippen LogP contribution is -2.32. The summed E-state index contributed by atoms with van der Waals surface area (Å²) in [5.74, 6) is 0. The van der Waals surface area contributed by atoms with Gasteiger partial charge >= 0.3 is 0 Å². The second-order valence-corrected chi connectivity index (χ2v) is 7.70. The maximum atomic E-state index is 6.08. The largest absolute Gasteiger partial charge is 0.375 e. The summed E-state index contributed by atoms with van der Waals surface area (Å²) in [6, 6.07) is 0. The highest BCUT2D eigenvalue weighted by Crippen LogP contribution is 2.34. The molecule has 0 spiro atoms. The number of rotatable bonds is 6. The third kappa shape index (κ3) is 8.15. The molecule has 98 valence electrons. The van der Waals surface area contributed by atoms with E-state index < -0.39 is 0 Å². The van der Waals surface area contributed by atoms with Crippen LogP contribution >= 0.6 is 0 Å². The zero-order valence-electron chi connectivity index (χ0n) is 12.7. The Balaban J connectivity index is 4.18. The normalized spacial score (nSPS) is 14.2. The van der Waals surface area contributed by atoms with Gasteiger partial charge < -0.3 is 4.74 Å². The molecule has 0 amide bonds. The van der Waals surface area contributed by atoms with Crippen LogP contribution in [0.25, 0.3) is 0 Å². The summed E-state index contributed by atoms with van der Waals surface area (Å²) in [6.07, 6.45) is 3.52. The van der Waals surface area contributed by atoms with Crippen LogP contribution in [-0.4, -0.2) is 12.2 Å². The van der Waals surface area contributed by atoms with Crippen molar-refractivity contribution >= 4 is 0 Å². The lowest BCUT2D eigenvalue weighted by atomic mass is 9.77. The highest BCUT2D eigenvalue weighted by Gasteiger charge is 2.28. The summed E-state index contributed by atoms with van der Waals surface area (Å²) in [7, 11) is 0. The van der Waals surface area contributed by atoms with E-state index in [1.807, 2.05) is 0 Å². The Morgan fingerprint density at radius 3 is 1.75 bits per heavy atom. The van der Waals surface area contributed by atoms with Gasteiger partial charge in [0.15, 0.2) is 0 Å². The third-order valence-electron chi connectivity index (χ3n) is 2.71. The molecule has 0 rings (SSSR count). The molecule has 0 atom stereocenters. The minimum Gasteiger partial charge on any atom is -0.375 e. The number of ether oxygens (including phenoxy) is 1.